The number of ether oxygens (including phenoxy) is 3. The average Bonchev–Trinajstić information content (AvgIpc) is 3.68. The highest BCUT2D eigenvalue weighted by Crippen LogP contribution is 2.47. The quantitative estimate of drug-likeness (QED) is 0.177. The summed E-state index contributed by atoms with van der Waals surface area (Å²) in [7, 11) is -4.39. The van der Waals surface area contributed by atoms with Crippen LogP contribution in [0.25, 0.3) is 10.9 Å². The third-order valence-corrected chi connectivity index (χ3v) is 9.97. The van der Waals surface area contributed by atoms with Crippen LogP contribution < -0.4 is 15.0 Å². The minimum Gasteiger partial charge on any atom is -0.492 e. The van der Waals surface area contributed by atoms with Gasteiger partial charge in [0.1, 0.15) is 30.4 Å². The van der Waals surface area contributed by atoms with Crippen LogP contribution in [0.3, 0.4) is 0 Å². The molecule has 4 aromatic rings. The van der Waals surface area contributed by atoms with E-state index in [4.69, 9.17) is 14.2 Å². The van der Waals surface area contributed by atoms with Gasteiger partial charge >= 0.3 is 11.9 Å². The van der Waals surface area contributed by atoms with Crippen molar-refractivity contribution in [3.05, 3.63) is 92.9 Å². The van der Waals surface area contributed by atoms with Crippen molar-refractivity contribution in [2.75, 3.05) is 26.4 Å². The Balaban J connectivity index is 1.53. The van der Waals surface area contributed by atoms with E-state index in [0.29, 0.717) is 23.7 Å². The Morgan fingerprint density at radius 3 is 2.47 bits per heavy atom. The molecule has 14 heteroatoms. The molecule has 0 bridgehead atoms. The monoisotopic (exact) mass is 681 g/mol. The van der Waals surface area contributed by atoms with Crippen LogP contribution >= 0.6 is 11.3 Å². The summed E-state index contributed by atoms with van der Waals surface area (Å²) in [6.45, 7) is 3.26. The number of aromatic amines is 1. The largest absolute Gasteiger partial charge is 0.492 e. The van der Waals surface area contributed by atoms with Gasteiger partial charge in [-0.15, -0.1) is 11.3 Å². The van der Waals surface area contributed by atoms with E-state index in [-0.39, 0.29) is 54.1 Å². The van der Waals surface area contributed by atoms with E-state index in [2.05, 4.69) is 9.71 Å². The Morgan fingerprint density at radius 2 is 1.77 bits per heavy atom. The van der Waals surface area contributed by atoms with Crippen LogP contribution in [0.4, 0.5) is 0 Å². The number of hydrogen-bond donors (Lipinski definition) is 2. The molecule has 5 rings (SSSR count). The molecule has 2 N–H and O–H groups in total. The summed E-state index contributed by atoms with van der Waals surface area (Å²) < 4.78 is 46.9. The minimum absolute atomic E-state index is 0.0197. The number of nitrogens with zero attached hydrogens (tertiary/aromatic N) is 1. The smallest absolute Gasteiger partial charge is 0.325 e. The lowest BCUT2D eigenvalue weighted by molar-refractivity contribution is -0.151. The van der Waals surface area contributed by atoms with Crippen LogP contribution in [-0.2, 0) is 40.4 Å². The number of thiophene rings is 1. The van der Waals surface area contributed by atoms with Gasteiger partial charge in [0, 0.05) is 22.0 Å². The molecule has 1 amide bonds. The average molecular weight is 682 g/mol. The lowest BCUT2D eigenvalue weighted by Crippen LogP contribution is -2.45. The third-order valence-electron chi connectivity index (χ3n) is 7.69. The molecule has 1 atom stereocenters. The van der Waals surface area contributed by atoms with Crippen LogP contribution in [0.2, 0.25) is 0 Å². The molecule has 0 aliphatic heterocycles. The Kier molecular flexibility index (Phi) is 10.4. The minimum atomic E-state index is -4.39. The standard InChI is InChI=1S/C33H35N3O9S2/c1-3-43-29(38)20-36(19-23-8-7-17-46-23)31(39)30(35-47(41,42)24-12-13-26-22(18-24)11-14-28(37)34-26)25-9-5-6-10-27(25)45-21-33(15-16-33)32(40)44-4-2/h5-14,17-18,30,35H,3-4,15-16,19-21H2,1-2H3,(H,34,37)/t30-/m0/s1. The summed E-state index contributed by atoms with van der Waals surface area (Å²) in [6, 6.07) is 15.5. The Morgan fingerprint density at radius 1 is 1.00 bits per heavy atom. The molecular weight excluding hydrogens is 647 g/mol. The first-order valence-electron chi connectivity index (χ1n) is 15.1. The highest BCUT2D eigenvalue weighted by molar-refractivity contribution is 7.89. The van der Waals surface area contributed by atoms with Gasteiger partial charge in [0.05, 0.1) is 24.7 Å². The topological polar surface area (TPSA) is 161 Å². The molecule has 2 aromatic carbocycles. The number of nitrogens with one attached hydrogen (secondary N) is 2. The molecule has 47 heavy (non-hydrogen) atoms. The van der Waals surface area contributed by atoms with E-state index < -0.39 is 39.9 Å². The first-order chi connectivity index (χ1) is 22.5. The summed E-state index contributed by atoms with van der Waals surface area (Å²) in [5.74, 6) is -1.56. The van der Waals surface area contributed by atoms with Crippen LogP contribution in [-0.4, -0.2) is 62.5 Å². The maximum atomic E-state index is 14.5. The molecule has 2 heterocycles. The number of rotatable bonds is 15. The van der Waals surface area contributed by atoms with Gasteiger partial charge in [-0.1, -0.05) is 24.3 Å². The van der Waals surface area contributed by atoms with Crippen LogP contribution in [0.15, 0.2) is 81.8 Å². The van der Waals surface area contributed by atoms with Gasteiger partial charge in [-0.25, -0.2) is 8.42 Å². The number of aromatic nitrogens is 1. The van der Waals surface area contributed by atoms with Gasteiger partial charge in [-0.2, -0.15) is 4.72 Å². The van der Waals surface area contributed by atoms with Crippen molar-refractivity contribution < 1.29 is 37.0 Å². The van der Waals surface area contributed by atoms with Crippen LogP contribution in [0, 0.1) is 5.41 Å². The molecule has 0 unspecified atom stereocenters. The fourth-order valence-electron chi connectivity index (χ4n) is 5.03. The fourth-order valence-corrected chi connectivity index (χ4v) is 6.95. The van der Waals surface area contributed by atoms with E-state index in [9.17, 15) is 27.6 Å². The zero-order chi connectivity index (χ0) is 33.6. The lowest BCUT2D eigenvalue weighted by Gasteiger charge is -2.28. The molecule has 248 valence electrons. The van der Waals surface area contributed by atoms with Crippen molar-refractivity contribution >= 4 is 50.1 Å². The molecule has 0 radical (unpaired) electrons. The second kappa shape index (κ2) is 14.5. The molecule has 1 aliphatic rings. The van der Waals surface area contributed by atoms with Crippen LogP contribution in [0.5, 0.6) is 5.75 Å². The fraction of sp³-hybridized carbons (Fsp3) is 0.333. The number of esters is 2. The number of carbonyl (C=O) groups is 3. The molecule has 0 saturated heterocycles. The molecule has 0 spiro atoms. The summed E-state index contributed by atoms with van der Waals surface area (Å²) in [6.07, 6.45) is 1.15. The predicted molar refractivity (Wildman–Crippen MR) is 174 cm³/mol. The van der Waals surface area contributed by atoms with E-state index >= 15 is 0 Å². The molecule has 1 saturated carbocycles. The number of sulfonamides is 1. The molecule has 2 aromatic heterocycles. The van der Waals surface area contributed by atoms with Gasteiger partial charge in [0.2, 0.25) is 21.5 Å². The highest BCUT2D eigenvalue weighted by atomic mass is 32.2. The van der Waals surface area contributed by atoms with Gasteiger partial charge in [-0.05, 0) is 73.9 Å². The number of fused-ring (bicyclic) bond motifs is 1. The summed E-state index contributed by atoms with van der Waals surface area (Å²) in [4.78, 5) is 56.0. The van der Waals surface area contributed by atoms with Crippen molar-refractivity contribution in [1.82, 2.24) is 14.6 Å². The van der Waals surface area contributed by atoms with Crippen LogP contribution in [0.1, 0.15) is 43.2 Å². The van der Waals surface area contributed by atoms with E-state index in [1.54, 1.807) is 50.2 Å². The maximum Gasteiger partial charge on any atom is 0.325 e. The first-order valence-corrected chi connectivity index (χ1v) is 17.4. The zero-order valence-corrected chi connectivity index (χ0v) is 27.5. The maximum absolute atomic E-state index is 14.5. The first kappa shape index (κ1) is 33.8. The number of pyridine rings is 1. The van der Waals surface area contributed by atoms with Crippen molar-refractivity contribution in [2.24, 2.45) is 5.41 Å². The van der Waals surface area contributed by atoms with Gasteiger partial charge < -0.3 is 24.1 Å². The molecule has 12 nitrogen and oxygen atoms in total. The Hall–Kier alpha value is -4.53. The second-order valence-electron chi connectivity index (χ2n) is 11.0. The van der Waals surface area contributed by atoms with Gasteiger partial charge in [-0.3, -0.25) is 19.2 Å². The highest BCUT2D eigenvalue weighted by Gasteiger charge is 2.52. The van der Waals surface area contributed by atoms with Crippen molar-refractivity contribution in [1.29, 1.82) is 0 Å². The van der Waals surface area contributed by atoms with E-state index in [0.717, 1.165) is 4.88 Å². The lowest BCUT2D eigenvalue weighted by atomic mass is 10.0. The number of benzene rings is 2. The Bertz CT molecular complexity index is 1920. The number of H-pyrrole nitrogens is 1. The number of carbonyl (C=O) groups excluding carboxylic acids is 3. The normalized spacial score (nSPS) is 14.3. The third kappa shape index (κ3) is 8.07. The summed E-state index contributed by atoms with van der Waals surface area (Å²) in [5, 5.41) is 2.30. The van der Waals surface area contributed by atoms with E-state index in [1.807, 2.05) is 5.38 Å². The van der Waals surface area contributed by atoms with E-state index in [1.165, 1.54) is 46.6 Å². The Labute approximate surface area is 275 Å². The number of hydrogen-bond acceptors (Lipinski definition) is 10. The van der Waals surface area contributed by atoms with Crippen molar-refractivity contribution in [3.63, 3.8) is 0 Å². The number of para-hydroxylation sites is 1. The molecule has 1 aliphatic carbocycles. The summed E-state index contributed by atoms with van der Waals surface area (Å²) in [5.41, 5.74) is -0.527. The van der Waals surface area contributed by atoms with Gasteiger partial charge in [0.15, 0.2) is 0 Å². The predicted octanol–water partition coefficient (Wildman–Crippen LogP) is 3.92. The van der Waals surface area contributed by atoms with Gasteiger partial charge in [0.25, 0.3) is 0 Å². The zero-order valence-electron chi connectivity index (χ0n) is 25.9. The summed E-state index contributed by atoms with van der Waals surface area (Å²) >= 11 is 1.38. The molecule has 1 fully saturated rings. The van der Waals surface area contributed by atoms with Crippen molar-refractivity contribution in [2.45, 2.75) is 44.2 Å². The second-order valence-corrected chi connectivity index (χ2v) is 13.8. The SMILES string of the molecule is CCOC(=O)CN(Cc1cccs1)C(=O)[C@@H](NS(=O)(=O)c1ccc2[nH]c(=O)ccc2c1)c1ccccc1OCC1(C(=O)OCC)CC1. The number of amides is 1. The van der Waals surface area contributed by atoms with Crippen molar-refractivity contribution in [3.8, 4) is 5.75 Å². The molecular formula is C33H35N3O9S2.